The molecule has 0 spiro atoms. The van der Waals surface area contributed by atoms with Crippen LogP contribution in [0.25, 0.3) is 0 Å². The molecular formula is C17H27FN2. The first kappa shape index (κ1) is 15.5. The molecule has 0 bridgehead atoms. The maximum absolute atomic E-state index is 13.7. The minimum absolute atomic E-state index is 0.0720. The van der Waals surface area contributed by atoms with Crippen LogP contribution in [-0.4, -0.2) is 37.1 Å². The van der Waals surface area contributed by atoms with E-state index in [1.165, 1.54) is 12.8 Å². The normalized spacial score (nSPS) is 18.4. The third-order valence-electron chi connectivity index (χ3n) is 4.45. The zero-order chi connectivity index (χ0) is 14.4. The van der Waals surface area contributed by atoms with Crippen LogP contribution in [0.1, 0.15) is 32.3 Å². The van der Waals surface area contributed by atoms with Crippen molar-refractivity contribution in [3.8, 4) is 0 Å². The van der Waals surface area contributed by atoms with Crippen molar-refractivity contribution >= 4 is 0 Å². The summed E-state index contributed by atoms with van der Waals surface area (Å²) in [5.41, 5.74) is 0.837. The van der Waals surface area contributed by atoms with Crippen molar-refractivity contribution in [3.63, 3.8) is 0 Å². The molecule has 20 heavy (non-hydrogen) atoms. The van der Waals surface area contributed by atoms with E-state index in [2.05, 4.69) is 24.1 Å². The molecule has 1 aliphatic heterocycles. The zero-order valence-electron chi connectivity index (χ0n) is 12.7. The van der Waals surface area contributed by atoms with E-state index in [1.807, 2.05) is 12.1 Å². The maximum Gasteiger partial charge on any atom is 0.126 e. The van der Waals surface area contributed by atoms with Crippen LogP contribution in [0.2, 0.25) is 0 Å². The predicted molar refractivity (Wildman–Crippen MR) is 82.4 cm³/mol. The fourth-order valence-corrected chi connectivity index (χ4v) is 3.13. The molecule has 1 unspecified atom stereocenters. The first-order chi connectivity index (χ1) is 9.70. The molecule has 1 aromatic carbocycles. The first-order valence-corrected chi connectivity index (χ1v) is 7.89. The van der Waals surface area contributed by atoms with Crippen molar-refractivity contribution in [1.82, 2.24) is 10.2 Å². The fraction of sp³-hybridized carbons (Fsp3) is 0.647. The van der Waals surface area contributed by atoms with Crippen molar-refractivity contribution in [1.29, 1.82) is 0 Å². The van der Waals surface area contributed by atoms with Gasteiger partial charge in [-0.1, -0.05) is 25.1 Å². The average molecular weight is 278 g/mol. The largest absolute Gasteiger partial charge is 0.317 e. The third-order valence-corrected chi connectivity index (χ3v) is 4.45. The maximum atomic E-state index is 13.7. The molecule has 1 aliphatic rings. The number of halogens is 1. The molecule has 0 saturated carbocycles. The van der Waals surface area contributed by atoms with Gasteiger partial charge < -0.3 is 10.2 Å². The van der Waals surface area contributed by atoms with Crippen LogP contribution in [0.5, 0.6) is 0 Å². The van der Waals surface area contributed by atoms with Crippen LogP contribution >= 0.6 is 0 Å². The SMILES string of the molecule is CCN(CC1CCNCC1)C(C)Cc1ccccc1F. The Morgan fingerprint density at radius 2 is 2.00 bits per heavy atom. The second-order valence-electron chi connectivity index (χ2n) is 5.93. The Morgan fingerprint density at radius 1 is 1.30 bits per heavy atom. The molecule has 1 fully saturated rings. The molecule has 2 rings (SSSR count). The molecule has 1 N–H and O–H groups in total. The molecule has 3 heteroatoms. The Kier molecular flexibility index (Phi) is 5.99. The van der Waals surface area contributed by atoms with Crippen molar-refractivity contribution in [2.75, 3.05) is 26.2 Å². The summed E-state index contributed by atoms with van der Waals surface area (Å²) in [6.45, 7) is 8.90. The lowest BCUT2D eigenvalue weighted by molar-refractivity contribution is 0.166. The number of nitrogens with one attached hydrogen (secondary N) is 1. The summed E-state index contributed by atoms with van der Waals surface area (Å²) >= 11 is 0. The van der Waals surface area contributed by atoms with Gasteiger partial charge >= 0.3 is 0 Å². The second kappa shape index (κ2) is 7.75. The van der Waals surface area contributed by atoms with E-state index in [1.54, 1.807) is 12.1 Å². The highest BCUT2D eigenvalue weighted by molar-refractivity contribution is 5.18. The molecule has 112 valence electrons. The average Bonchev–Trinajstić information content (AvgIpc) is 2.48. The van der Waals surface area contributed by atoms with Gasteiger partial charge in [0.25, 0.3) is 0 Å². The lowest BCUT2D eigenvalue weighted by Gasteiger charge is -2.33. The van der Waals surface area contributed by atoms with E-state index >= 15 is 0 Å². The molecule has 0 amide bonds. The summed E-state index contributed by atoms with van der Waals surface area (Å²) < 4.78 is 13.7. The number of hydrogen-bond donors (Lipinski definition) is 1. The second-order valence-corrected chi connectivity index (χ2v) is 5.93. The highest BCUT2D eigenvalue weighted by Gasteiger charge is 2.20. The number of nitrogens with zero attached hydrogens (tertiary/aromatic N) is 1. The van der Waals surface area contributed by atoms with Crippen LogP contribution in [0.3, 0.4) is 0 Å². The van der Waals surface area contributed by atoms with Gasteiger partial charge in [-0.05, 0) is 63.4 Å². The van der Waals surface area contributed by atoms with Crippen molar-refractivity contribution in [2.24, 2.45) is 5.92 Å². The highest BCUT2D eigenvalue weighted by Crippen LogP contribution is 2.17. The number of rotatable bonds is 6. The molecule has 0 aliphatic carbocycles. The van der Waals surface area contributed by atoms with Gasteiger partial charge in [0.1, 0.15) is 5.82 Å². The van der Waals surface area contributed by atoms with Crippen molar-refractivity contribution in [3.05, 3.63) is 35.6 Å². The smallest absolute Gasteiger partial charge is 0.126 e. The van der Waals surface area contributed by atoms with Gasteiger partial charge in [0, 0.05) is 12.6 Å². The first-order valence-electron chi connectivity index (χ1n) is 7.89. The van der Waals surface area contributed by atoms with Gasteiger partial charge in [-0.25, -0.2) is 4.39 Å². The van der Waals surface area contributed by atoms with E-state index in [4.69, 9.17) is 0 Å². The Hall–Kier alpha value is -0.930. The summed E-state index contributed by atoms with van der Waals surface area (Å²) in [6.07, 6.45) is 3.33. The third kappa shape index (κ3) is 4.29. The van der Waals surface area contributed by atoms with E-state index in [9.17, 15) is 4.39 Å². The number of likely N-dealkylation sites (N-methyl/N-ethyl adjacent to an activating group) is 1. The summed E-state index contributed by atoms with van der Waals surface area (Å²) in [5.74, 6) is 0.719. The van der Waals surface area contributed by atoms with Crippen LogP contribution in [0, 0.1) is 11.7 Å². The molecule has 1 aromatic rings. The number of hydrogen-bond acceptors (Lipinski definition) is 2. The fourth-order valence-electron chi connectivity index (χ4n) is 3.13. The van der Waals surface area contributed by atoms with Gasteiger partial charge in [0.2, 0.25) is 0 Å². The topological polar surface area (TPSA) is 15.3 Å². The van der Waals surface area contributed by atoms with E-state index in [0.29, 0.717) is 6.04 Å². The predicted octanol–water partition coefficient (Wildman–Crippen LogP) is 3.08. The van der Waals surface area contributed by atoms with Gasteiger partial charge in [0.15, 0.2) is 0 Å². The highest BCUT2D eigenvalue weighted by atomic mass is 19.1. The van der Waals surface area contributed by atoms with E-state index in [0.717, 1.165) is 44.1 Å². The molecule has 0 aromatic heterocycles. The Labute approximate surface area is 122 Å². The lowest BCUT2D eigenvalue weighted by Crippen LogP contribution is -2.41. The Morgan fingerprint density at radius 3 is 2.65 bits per heavy atom. The Bertz CT molecular complexity index is 402. The van der Waals surface area contributed by atoms with Gasteiger partial charge in [-0.2, -0.15) is 0 Å². The monoisotopic (exact) mass is 278 g/mol. The molecule has 1 heterocycles. The summed E-state index contributed by atoms with van der Waals surface area (Å²) in [4.78, 5) is 2.50. The van der Waals surface area contributed by atoms with E-state index in [-0.39, 0.29) is 5.82 Å². The Balaban J connectivity index is 1.91. The zero-order valence-corrected chi connectivity index (χ0v) is 12.7. The number of piperidine rings is 1. The lowest BCUT2D eigenvalue weighted by atomic mass is 9.96. The molecular weight excluding hydrogens is 251 g/mol. The summed E-state index contributed by atoms with van der Waals surface area (Å²) in [7, 11) is 0. The molecule has 0 radical (unpaired) electrons. The van der Waals surface area contributed by atoms with Crippen LogP contribution in [-0.2, 0) is 6.42 Å². The standard InChI is InChI=1S/C17H27FN2/c1-3-20(13-15-8-10-19-11-9-15)14(2)12-16-6-4-5-7-17(16)18/h4-7,14-15,19H,3,8-13H2,1-2H3. The van der Waals surface area contributed by atoms with Crippen LogP contribution in [0.15, 0.2) is 24.3 Å². The van der Waals surface area contributed by atoms with Crippen molar-refractivity contribution < 1.29 is 4.39 Å². The molecule has 1 atom stereocenters. The van der Waals surface area contributed by atoms with Crippen molar-refractivity contribution in [2.45, 2.75) is 39.2 Å². The summed E-state index contributed by atoms with van der Waals surface area (Å²) in [6, 6.07) is 7.55. The number of benzene rings is 1. The van der Waals surface area contributed by atoms with Gasteiger partial charge in [-0.3, -0.25) is 0 Å². The summed E-state index contributed by atoms with van der Waals surface area (Å²) in [5, 5.41) is 3.41. The van der Waals surface area contributed by atoms with E-state index < -0.39 is 0 Å². The van der Waals surface area contributed by atoms with Gasteiger partial charge in [0.05, 0.1) is 0 Å². The minimum atomic E-state index is -0.0720. The molecule has 2 nitrogen and oxygen atoms in total. The quantitative estimate of drug-likeness (QED) is 0.860. The van der Waals surface area contributed by atoms with Crippen LogP contribution in [0.4, 0.5) is 4.39 Å². The molecule has 1 saturated heterocycles. The van der Waals surface area contributed by atoms with Gasteiger partial charge in [-0.15, -0.1) is 0 Å². The minimum Gasteiger partial charge on any atom is -0.317 e. The van der Waals surface area contributed by atoms with Crippen LogP contribution < -0.4 is 5.32 Å².